The number of rotatable bonds is 37. The molecule has 0 aromatic rings. The second kappa shape index (κ2) is 37.6. The first-order valence-corrected chi connectivity index (χ1v) is 26.6. The summed E-state index contributed by atoms with van der Waals surface area (Å²) in [6.45, 7) is 4.65. The molecule has 0 heterocycles. The molecule has 0 aliphatic heterocycles. The SMILES string of the molecule is CCCCC/C=C\C/C=C\CCCCCCCCC(CCCCCCCC/C=C\C/C=C\CCCCC)OC(=O)[As](C)CCCOS(C)(=O)=O. The average molecular weight is 783 g/mol. The van der Waals surface area contributed by atoms with E-state index in [0.29, 0.717) is 11.6 Å². The van der Waals surface area contributed by atoms with Crippen LogP contribution in [0.5, 0.6) is 0 Å². The Morgan fingerprint density at radius 2 is 0.940 bits per heavy atom. The van der Waals surface area contributed by atoms with Gasteiger partial charge in [0.2, 0.25) is 0 Å². The van der Waals surface area contributed by atoms with Gasteiger partial charge in [-0.2, -0.15) is 0 Å². The van der Waals surface area contributed by atoms with Crippen molar-refractivity contribution < 1.29 is 22.1 Å². The first-order valence-electron chi connectivity index (χ1n) is 20.7. The molecule has 0 saturated heterocycles. The maximum absolute atomic E-state index is 13.0. The van der Waals surface area contributed by atoms with Crippen LogP contribution < -0.4 is 0 Å². The number of carbonyl (C=O) groups excluding carboxylic acids is 1. The first kappa shape index (κ1) is 48.9. The van der Waals surface area contributed by atoms with Gasteiger partial charge in [-0.05, 0) is 38.5 Å². The van der Waals surface area contributed by atoms with E-state index in [0.717, 1.165) is 44.8 Å². The van der Waals surface area contributed by atoms with E-state index >= 15 is 0 Å². The van der Waals surface area contributed by atoms with Crippen molar-refractivity contribution >= 4 is 29.5 Å². The molecule has 0 spiro atoms. The van der Waals surface area contributed by atoms with Crippen molar-refractivity contribution in [3.8, 4) is 0 Å². The standard InChI is InChI=1S/C43H79AsO5S/c1-5-7-9-11-13-15-17-19-21-23-25-27-29-31-33-35-38-42(49-43(45)44(3)40-37-41-48-50(4,46)47)39-36-34-32-30-28-26-24-22-20-18-16-14-12-10-8-6-2/h13-16,19-22,42H,5-12,17-18,23-41H2,1-4H3/b15-13-,16-14-,21-19-,22-20-. The molecule has 292 valence electrons. The fraction of sp³-hybridized carbons (Fsp3) is 0.791. The van der Waals surface area contributed by atoms with Gasteiger partial charge in [0, 0.05) is 0 Å². The zero-order valence-electron chi connectivity index (χ0n) is 33.1. The van der Waals surface area contributed by atoms with Crippen LogP contribution in [-0.2, 0) is 19.0 Å². The predicted octanol–water partition coefficient (Wildman–Crippen LogP) is 14.0. The molecular weight excluding hydrogens is 703 g/mol. The van der Waals surface area contributed by atoms with Crippen LogP contribution in [0.4, 0.5) is 4.79 Å². The fourth-order valence-corrected chi connectivity index (χ4v) is 8.58. The zero-order chi connectivity index (χ0) is 36.8. The third kappa shape index (κ3) is 38.1. The van der Waals surface area contributed by atoms with E-state index in [2.05, 4.69) is 62.5 Å². The number of hydrogen-bond donors (Lipinski definition) is 0. The molecule has 0 aliphatic carbocycles. The summed E-state index contributed by atoms with van der Waals surface area (Å²) in [5.41, 5.74) is 2.02. The molecule has 0 saturated carbocycles. The molecule has 0 radical (unpaired) electrons. The third-order valence-corrected chi connectivity index (χ3v) is 13.2. The third-order valence-electron chi connectivity index (χ3n) is 8.97. The van der Waals surface area contributed by atoms with Crippen LogP contribution in [0.25, 0.3) is 0 Å². The monoisotopic (exact) mass is 782 g/mol. The summed E-state index contributed by atoms with van der Waals surface area (Å²) in [6.07, 6.45) is 51.7. The van der Waals surface area contributed by atoms with Crippen LogP contribution in [0, 0.1) is 0 Å². The first-order chi connectivity index (χ1) is 24.3. The molecule has 0 aromatic heterocycles. The molecule has 1 atom stereocenters. The van der Waals surface area contributed by atoms with Gasteiger partial charge in [-0.15, -0.1) is 0 Å². The summed E-state index contributed by atoms with van der Waals surface area (Å²) >= 11 is -1.83. The molecule has 0 N–H and O–H groups in total. The summed E-state index contributed by atoms with van der Waals surface area (Å²) < 4.78 is 33.4. The Kier molecular flexibility index (Phi) is 36.8. The van der Waals surface area contributed by atoms with Crippen LogP contribution in [0.3, 0.4) is 0 Å². The van der Waals surface area contributed by atoms with Gasteiger partial charge >= 0.3 is 203 Å². The second-order valence-electron chi connectivity index (χ2n) is 14.1. The number of ether oxygens (including phenoxy) is 1. The van der Waals surface area contributed by atoms with Gasteiger partial charge in [0.05, 0.1) is 0 Å². The molecule has 7 heteroatoms. The van der Waals surface area contributed by atoms with Crippen LogP contribution in [-0.4, -0.2) is 46.8 Å². The Bertz CT molecular complexity index is 924. The van der Waals surface area contributed by atoms with Crippen LogP contribution in [0.2, 0.25) is 10.9 Å². The summed E-state index contributed by atoms with van der Waals surface area (Å²) in [4.78, 5) is 13.0. The van der Waals surface area contributed by atoms with Gasteiger partial charge in [0.25, 0.3) is 0 Å². The topological polar surface area (TPSA) is 69.7 Å². The van der Waals surface area contributed by atoms with Crippen molar-refractivity contribution in [2.45, 2.75) is 204 Å². The summed E-state index contributed by atoms with van der Waals surface area (Å²) in [6, 6.07) is 0. The Morgan fingerprint density at radius 3 is 1.34 bits per heavy atom. The number of hydrogen-bond acceptors (Lipinski definition) is 5. The van der Waals surface area contributed by atoms with Gasteiger partial charge in [-0.25, -0.2) is 0 Å². The zero-order valence-corrected chi connectivity index (χ0v) is 35.8. The van der Waals surface area contributed by atoms with Crippen molar-refractivity contribution in [3.63, 3.8) is 0 Å². The molecule has 0 amide bonds. The Labute approximate surface area is 316 Å². The second-order valence-corrected chi connectivity index (χ2v) is 20.3. The normalized spacial score (nSPS) is 13.2. The van der Waals surface area contributed by atoms with Crippen molar-refractivity contribution in [1.82, 2.24) is 0 Å². The van der Waals surface area contributed by atoms with Gasteiger partial charge in [0.15, 0.2) is 0 Å². The Balaban J connectivity index is 4.28. The van der Waals surface area contributed by atoms with Crippen molar-refractivity contribution in [2.24, 2.45) is 0 Å². The Hall–Kier alpha value is -1.10. The van der Waals surface area contributed by atoms with E-state index in [1.54, 1.807) is 0 Å². The van der Waals surface area contributed by atoms with Crippen LogP contribution in [0.1, 0.15) is 187 Å². The molecule has 0 fully saturated rings. The van der Waals surface area contributed by atoms with Crippen molar-refractivity contribution in [3.05, 3.63) is 48.6 Å². The van der Waals surface area contributed by atoms with Gasteiger partial charge in [-0.3, -0.25) is 0 Å². The van der Waals surface area contributed by atoms with E-state index in [-0.39, 0.29) is 17.5 Å². The molecule has 50 heavy (non-hydrogen) atoms. The van der Waals surface area contributed by atoms with Gasteiger partial charge in [-0.1, -0.05) is 76.0 Å². The minimum absolute atomic E-state index is 0.0121. The average Bonchev–Trinajstić information content (AvgIpc) is 3.09. The van der Waals surface area contributed by atoms with E-state index in [1.807, 2.05) is 5.71 Å². The molecule has 1 unspecified atom stereocenters. The molecular formula is C43H79AsO5S. The predicted molar refractivity (Wildman–Crippen MR) is 220 cm³/mol. The van der Waals surface area contributed by atoms with Crippen molar-refractivity contribution in [2.75, 3.05) is 12.9 Å². The molecule has 0 aromatic carbocycles. The summed E-state index contributed by atoms with van der Waals surface area (Å²) in [7, 11) is -3.43. The summed E-state index contributed by atoms with van der Waals surface area (Å²) in [5, 5.41) is 0.712. The quantitative estimate of drug-likeness (QED) is 0.0272. The van der Waals surface area contributed by atoms with Gasteiger partial charge in [0.1, 0.15) is 0 Å². The fourth-order valence-electron chi connectivity index (χ4n) is 5.82. The van der Waals surface area contributed by atoms with Crippen LogP contribution in [0.15, 0.2) is 48.6 Å². The van der Waals surface area contributed by atoms with Crippen molar-refractivity contribution in [1.29, 1.82) is 0 Å². The van der Waals surface area contributed by atoms with E-state index in [1.165, 1.54) is 128 Å². The molecule has 0 rings (SSSR count). The Morgan fingerprint density at radius 1 is 0.560 bits per heavy atom. The van der Waals surface area contributed by atoms with E-state index in [4.69, 9.17) is 8.92 Å². The number of allylic oxidation sites excluding steroid dienone is 8. The molecule has 0 bridgehead atoms. The number of unbranched alkanes of at least 4 members (excludes halogenated alkanes) is 18. The van der Waals surface area contributed by atoms with E-state index in [9.17, 15) is 13.2 Å². The number of carbonyl (C=O) groups is 1. The summed E-state index contributed by atoms with van der Waals surface area (Å²) in [5.74, 6) is 0. The minimum atomic E-state index is -3.43. The van der Waals surface area contributed by atoms with Crippen LogP contribution >= 0.6 is 0 Å². The maximum atomic E-state index is 13.0. The van der Waals surface area contributed by atoms with Gasteiger partial charge < -0.3 is 0 Å². The molecule has 5 nitrogen and oxygen atoms in total. The molecule has 0 aliphatic rings. The van der Waals surface area contributed by atoms with E-state index < -0.39 is 24.8 Å².